The highest BCUT2D eigenvalue weighted by Gasteiger charge is 2.12. The van der Waals surface area contributed by atoms with Crippen LogP contribution >= 0.6 is 0 Å². The SMILES string of the molecule is O=C(NCc1ccco1)c1ccccc1OCc1ccccc1. The third kappa shape index (κ3) is 4.01. The van der Waals surface area contributed by atoms with Gasteiger partial charge in [0.2, 0.25) is 0 Å². The van der Waals surface area contributed by atoms with Gasteiger partial charge < -0.3 is 14.5 Å². The Morgan fingerprint density at radius 1 is 0.957 bits per heavy atom. The van der Waals surface area contributed by atoms with Crippen molar-refractivity contribution in [3.63, 3.8) is 0 Å². The number of ether oxygens (including phenoxy) is 1. The molecule has 0 saturated carbocycles. The Morgan fingerprint density at radius 2 is 1.74 bits per heavy atom. The number of amides is 1. The lowest BCUT2D eigenvalue weighted by Gasteiger charge is -2.11. The molecule has 2 aromatic carbocycles. The number of carbonyl (C=O) groups is 1. The largest absolute Gasteiger partial charge is 0.488 e. The third-order valence-corrected chi connectivity index (χ3v) is 3.37. The number of para-hydroxylation sites is 1. The van der Waals surface area contributed by atoms with Gasteiger partial charge in [0.25, 0.3) is 5.91 Å². The Morgan fingerprint density at radius 3 is 2.52 bits per heavy atom. The smallest absolute Gasteiger partial charge is 0.255 e. The van der Waals surface area contributed by atoms with Crippen LogP contribution in [0.15, 0.2) is 77.4 Å². The first kappa shape index (κ1) is 14.9. The maximum Gasteiger partial charge on any atom is 0.255 e. The number of furan rings is 1. The van der Waals surface area contributed by atoms with Crippen molar-refractivity contribution >= 4 is 5.91 Å². The summed E-state index contributed by atoms with van der Waals surface area (Å²) in [5.74, 6) is 1.08. The van der Waals surface area contributed by atoms with E-state index in [4.69, 9.17) is 9.15 Å². The lowest BCUT2D eigenvalue weighted by atomic mass is 10.2. The molecule has 23 heavy (non-hydrogen) atoms. The number of benzene rings is 2. The summed E-state index contributed by atoms with van der Waals surface area (Å²) in [6.07, 6.45) is 1.58. The zero-order valence-electron chi connectivity index (χ0n) is 12.6. The van der Waals surface area contributed by atoms with Gasteiger partial charge >= 0.3 is 0 Å². The molecule has 1 amide bonds. The topological polar surface area (TPSA) is 51.5 Å². The van der Waals surface area contributed by atoms with Crippen molar-refractivity contribution in [3.05, 3.63) is 89.9 Å². The predicted octanol–water partition coefficient (Wildman–Crippen LogP) is 3.79. The lowest BCUT2D eigenvalue weighted by molar-refractivity contribution is 0.0943. The highest BCUT2D eigenvalue weighted by molar-refractivity contribution is 5.96. The Hall–Kier alpha value is -3.01. The highest BCUT2D eigenvalue weighted by Crippen LogP contribution is 2.19. The van der Waals surface area contributed by atoms with Crippen molar-refractivity contribution in [2.24, 2.45) is 0 Å². The third-order valence-electron chi connectivity index (χ3n) is 3.37. The van der Waals surface area contributed by atoms with E-state index in [2.05, 4.69) is 5.32 Å². The molecule has 0 fully saturated rings. The molecular weight excluding hydrogens is 290 g/mol. The fraction of sp³-hybridized carbons (Fsp3) is 0.105. The van der Waals surface area contributed by atoms with Crippen LogP contribution in [0, 0.1) is 0 Å². The normalized spacial score (nSPS) is 10.3. The van der Waals surface area contributed by atoms with Crippen LogP contribution in [-0.2, 0) is 13.2 Å². The summed E-state index contributed by atoms with van der Waals surface area (Å²) >= 11 is 0. The van der Waals surface area contributed by atoms with Gasteiger partial charge in [0.1, 0.15) is 18.1 Å². The number of carbonyl (C=O) groups excluding carboxylic acids is 1. The first-order valence-corrected chi connectivity index (χ1v) is 7.39. The molecule has 0 bridgehead atoms. The van der Waals surface area contributed by atoms with Gasteiger partial charge in [0.05, 0.1) is 18.4 Å². The van der Waals surface area contributed by atoms with Crippen LogP contribution < -0.4 is 10.1 Å². The summed E-state index contributed by atoms with van der Waals surface area (Å²) < 4.78 is 11.0. The highest BCUT2D eigenvalue weighted by atomic mass is 16.5. The molecule has 116 valence electrons. The van der Waals surface area contributed by atoms with Gasteiger partial charge in [-0.15, -0.1) is 0 Å². The maximum absolute atomic E-state index is 12.3. The van der Waals surface area contributed by atoms with Crippen LogP contribution in [-0.4, -0.2) is 5.91 Å². The molecule has 0 aliphatic carbocycles. The van der Waals surface area contributed by atoms with Crippen LogP contribution in [0.5, 0.6) is 5.75 Å². The van der Waals surface area contributed by atoms with Gasteiger partial charge in [-0.3, -0.25) is 4.79 Å². The molecule has 0 atom stereocenters. The molecule has 4 nitrogen and oxygen atoms in total. The average molecular weight is 307 g/mol. The zero-order valence-corrected chi connectivity index (χ0v) is 12.6. The van der Waals surface area contributed by atoms with Crippen molar-refractivity contribution in [1.29, 1.82) is 0 Å². The van der Waals surface area contributed by atoms with E-state index in [9.17, 15) is 4.79 Å². The molecular formula is C19H17NO3. The monoisotopic (exact) mass is 307 g/mol. The maximum atomic E-state index is 12.3. The molecule has 0 radical (unpaired) electrons. The van der Waals surface area contributed by atoms with E-state index < -0.39 is 0 Å². The van der Waals surface area contributed by atoms with E-state index in [1.165, 1.54) is 0 Å². The van der Waals surface area contributed by atoms with Crippen LogP contribution in [0.1, 0.15) is 21.7 Å². The molecule has 4 heteroatoms. The number of rotatable bonds is 6. The minimum Gasteiger partial charge on any atom is -0.488 e. The summed E-state index contributed by atoms with van der Waals surface area (Å²) in [5, 5.41) is 2.83. The van der Waals surface area contributed by atoms with Crippen molar-refractivity contribution < 1.29 is 13.9 Å². The van der Waals surface area contributed by atoms with Gasteiger partial charge in [0.15, 0.2) is 0 Å². The summed E-state index contributed by atoms with van der Waals surface area (Å²) in [6.45, 7) is 0.766. The van der Waals surface area contributed by atoms with E-state index in [-0.39, 0.29) is 5.91 Å². The standard InChI is InChI=1S/C19H17NO3/c21-19(20-13-16-9-6-12-22-16)17-10-4-5-11-18(17)23-14-15-7-2-1-3-8-15/h1-12H,13-14H2,(H,20,21). The van der Waals surface area contributed by atoms with Crippen molar-refractivity contribution in [2.75, 3.05) is 0 Å². The molecule has 0 spiro atoms. The lowest BCUT2D eigenvalue weighted by Crippen LogP contribution is -2.23. The average Bonchev–Trinajstić information content (AvgIpc) is 3.12. The number of hydrogen-bond acceptors (Lipinski definition) is 3. The molecule has 3 rings (SSSR count). The molecule has 1 aromatic heterocycles. The molecule has 1 N–H and O–H groups in total. The van der Waals surface area contributed by atoms with Crippen LogP contribution in [0.4, 0.5) is 0 Å². The van der Waals surface area contributed by atoms with Gasteiger partial charge in [-0.25, -0.2) is 0 Å². The number of nitrogens with one attached hydrogen (secondary N) is 1. The van der Waals surface area contributed by atoms with E-state index in [0.29, 0.717) is 30.2 Å². The van der Waals surface area contributed by atoms with Crippen molar-refractivity contribution in [2.45, 2.75) is 13.2 Å². The summed E-state index contributed by atoms with van der Waals surface area (Å²) in [5.41, 5.74) is 1.56. The minimum absolute atomic E-state index is 0.190. The van der Waals surface area contributed by atoms with Crippen molar-refractivity contribution in [1.82, 2.24) is 5.32 Å². The second kappa shape index (κ2) is 7.31. The van der Waals surface area contributed by atoms with E-state index in [1.807, 2.05) is 48.5 Å². The quantitative estimate of drug-likeness (QED) is 0.754. The van der Waals surface area contributed by atoms with Gasteiger partial charge in [0, 0.05) is 0 Å². The Balaban J connectivity index is 1.66. The Bertz CT molecular complexity index is 751. The molecule has 1 heterocycles. The summed E-state index contributed by atoms with van der Waals surface area (Å²) in [6, 6.07) is 20.7. The fourth-order valence-corrected chi connectivity index (χ4v) is 2.19. The van der Waals surface area contributed by atoms with Crippen LogP contribution in [0.3, 0.4) is 0 Å². The zero-order chi connectivity index (χ0) is 15.9. The van der Waals surface area contributed by atoms with E-state index in [1.54, 1.807) is 24.5 Å². The first-order chi connectivity index (χ1) is 11.3. The second-order valence-electron chi connectivity index (χ2n) is 5.03. The molecule has 0 unspecified atom stereocenters. The molecule has 3 aromatic rings. The molecule has 0 aliphatic heterocycles. The molecule has 0 saturated heterocycles. The minimum atomic E-state index is -0.190. The van der Waals surface area contributed by atoms with Gasteiger partial charge in [-0.1, -0.05) is 42.5 Å². The number of hydrogen-bond donors (Lipinski definition) is 1. The predicted molar refractivity (Wildman–Crippen MR) is 87.1 cm³/mol. The van der Waals surface area contributed by atoms with Gasteiger partial charge in [-0.05, 0) is 29.8 Å². The van der Waals surface area contributed by atoms with Gasteiger partial charge in [-0.2, -0.15) is 0 Å². The first-order valence-electron chi connectivity index (χ1n) is 7.39. The summed E-state index contributed by atoms with van der Waals surface area (Å²) in [7, 11) is 0. The molecule has 0 aliphatic rings. The van der Waals surface area contributed by atoms with E-state index >= 15 is 0 Å². The van der Waals surface area contributed by atoms with Crippen molar-refractivity contribution in [3.8, 4) is 5.75 Å². The summed E-state index contributed by atoms with van der Waals surface area (Å²) in [4.78, 5) is 12.3. The fourth-order valence-electron chi connectivity index (χ4n) is 2.19. The Kier molecular flexibility index (Phi) is 4.74. The van der Waals surface area contributed by atoms with E-state index in [0.717, 1.165) is 5.56 Å². The second-order valence-corrected chi connectivity index (χ2v) is 5.03. The van der Waals surface area contributed by atoms with Crippen LogP contribution in [0.25, 0.3) is 0 Å². The Labute approximate surface area is 134 Å². The van der Waals surface area contributed by atoms with Crippen LogP contribution in [0.2, 0.25) is 0 Å².